The Morgan fingerprint density at radius 3 is 2.64 bits per heavy atom. The van der Waals surface area contributed by atoms with Crippen LogP contribution in [0.25, 0.3) is 0 Å². The van der Waals surface area contributed by atoms with Crippen LogP contribution in [-0.4, -0.2) is 12.5 Å². The van der Waals surface area contributed by atoms with E-state index in [1.165, 1.54) is 0 Å². The summed E-state index contributed by atoms with van der Waals surface area (Å²) in [6.07, 6.45) is 0. The molecular weight excluding hydrogens is 296 g/mol. The van der Waals surface area contributed by atoms with Gasteiger partial charge in [-0.25, -0.2) is 0 Å². The number of nitrogens with one attached hydrogen (secondary N) is 2. The van der Waals surface area contributed by atoms with Gasteiger partial charge in [-0.1, -0.05) is 43.6 Å². The molecule has 2 N–H and O–H groups in total. The fourth-order valence-electron chi connectivity index (χ4n) is 2.02. The van der Waals surface area contributed by atoms with Gasteiger partial charge in [0, 0.05) is 29.4 Å². The zero-order chi connectivity index (χ0) is 15.9. The number of anilines is 1. The standard InChI is InChI=1S/C18H21ClN2O/c1-13(2)11-21-18(22)15-6-4-8-17(10-15)20-12-14-5-3-7-16(19)9-14/h3-10,13,20H,11-12H2,1-2H3,(H,21,22). The SMILES string of the molecule is CC(C)CNC(=O)c1cccc(NCc2cccc(Cl)c2)c1. The summed E-state index contributed by atoms with van der Waals surface area (Å²) in [6.45, 7) is 5.49. The monoisotopic (exact) mass is 316 g/mol. The molecule has 0 bridgehead atoms. The van der Waals surface area contributed by atoms with Gasteiger partial charge < -0.3 is 10.6 Å². The highest BCUT2D eigenvalue weighted by Gasteiger charge is 2.06. The summed E-state index contributed by atoms with van der Waals surface area (Å²) in [4.78, 5) is 12.1. The first-order valence-electron chi connectivity index (χ1n) is 7.41. The van der Waals surface area contributed by atoms with Gasteiger partial charge in [-0.15, -0.1) is 0 Å². The van der Waals surface area contributed by atoms with Crippen LogP contribution in [0.15, 0.2) is 48.5 Å². The Morgan fingerprint density at radius 2 is 1.91 bits per heavy atom. The molecule has 0 unspecified atom stereocenters. The smallest absolute Gasteiger partial charge is 0.251 e. The minimum absolute atomic E-state index is 0.0416. The van der Waals surface area contributed by atoms with E-state index < -0.39 is 0 Å². The number of hydrogen-bond donors (Lipinski definition) is 2. The molecule has 2 aromatic carbocycles. The molecule has 4 heteroatoms. The Labute approximate surface area is 136 Å². The van der Waals surface area contributed by atoms with Crippen molar-refractivity contribution in [2.75, 3.05) is 11.9 Å². The van der Waals surface area contributed by atoms with E-state index in [0.717, 1.165) is 16.3 Å². The van der Waals surface area contributed by atoms with E-state index in [9.17, 15) is 4.79 Å². The summed E-state index contributed by atoms with van der Waals surface area (Å²) in [5.41, 5.74) is 2.68. The van der Waals surface area contributed by atoms with E-state index in [2.05, 4.69) is 24.5 Å². The second-order valence-corrected chi connectivity index (χ2v) is 6.10. The van der Waals surface area contributed by atoms with Crippen molar-refractivity contribution >= 4 is 23.2 Å². The Bertz CT molecular complexity index is 640. The fourth-order valence-corrected chi connectivity index (χ4v) is 2.23. The third-order valence-electron chi connectivity index (χ3n) is 3.18. The third-order valence-corrected chi connectivity index (χ3v) is 3.42. The molecule has 2 aromatic rings. The summed E-state index contributed by atoms with van der Waals surface area (Å²) in [5.74, 6) is 0.396. The van der Waals surface area contributed by atoms with E-state index in [1.807, 2.05) is 48.5 Å². The predicted molar refractivity (Wildman–Crippen MR) is 92.4 cm³/mol. The van der Waals surface area contributed by atoms with Gasteiger partial charge in [-0.05, 0) is 41.8 Å². The molecular formula is C18H21ClN2O. The summed E-state index contributed by atoms with van der Waals surface area (Å²) in [5, 5.41) is 6.96. The van der Waals surface area contributed by atoms with Gasteiger partial charge in [0.2, 0.25) is 0 Å². The molecule has 2 rings (SSSR count). The average molecular weight is 317 g/mol. The van der Waals surface area contributed by atoms with Crippen LogP contribution in [0.5, 0.6) is 0 Å². The maximum absolute atomic E-state index is 12.1. The number of rotatable bonds is 6. The molecule has 0 spiro atoms. The zero-order valence-electron chi connectivity index (χ0n) is 12.9. The van der Waals surface area contributed by atoms with Gasteiger partial charge in [-0.2, -0.15) is 0 Å². The van der Waals surface area contributed by atoms with Crippen molar-refractivity contribution < 1.29 is 4.79 Å². The van der Waals surface area contributed by atoms with Gasteiger partial charge in [0.1, 0.15) is 0 Å². The van der Waals surface area contributed by atoms with Crippen molar-refractivity contribution in [3.05, 3.63) is 64.7 Å². The first-order valence-corrected chi connectivity index (χ1v) is 7.79. The Hall–Kier alpha value is -2.00. The van der Waals surface area contributed by atoms with Gasteiger partial charge in [-0.3, -0.25) is 4.79 Å². The number of benzene rings is 2. The van der Waals surface area contributed by atoms with E-state index in [-0.39, 0.29) is 5.91 Å². The molecule has 0 saturated carbocycles. The quantitative estimate of drug-likeness (QED) is 0.832. The highest BCUT2D eigenvalue weighted by Crippen LogP contribution is 2.15. The molecule has 0 aliphatic carbocycles. The molecule has 0 heterocycles. The maximum Gasteiger partial charge on any atom is 0.251 e. The van der Waals surface area contributed by atoms with Crippen molar-refractivity contribution in [2.45, 2.75) is 20.4 Å². The van der Waals surface area contributed by atoms with Crippen LogP contribution >= 0.6 is 11.6 Å². The Kier molecular flexibility index (Phi) is 5.84. The normalized spacial score (nSPS) is 10.5. The van der Waals surface area contributed by atoms with Crippen molar-refractivity contribution in [2.24, 2.45) is 5.92 Å². The molecule has 3 nitrogen and oxygen atoms in total. The lowest BCUT2D eigenvalue weighted by Crippen LogP contribution is -2.27. The molecule has 0 aromatic heterocycles. The molecule has 0 atom stereocenters. The average Bonchev–Trinajstić information content (AvgIpc) is 2.51. The lowest BCUT2D eigenvalue weighted by Gasteiger charge is -2.10. The highest BCUT2D eigenvalue weighted by atomic mass is 35.5. The van der Waals surface area contributed by atoms with Crippen LogP contribution < -0.4 is 10.6 Å². The number of halogens is 1. The van der Waals surface area contributed by atoms with Gasteiger partial charge in [0.15, 0.2) is 0 Å². The van der Waals surface area contributed by atoms with Crippen LogP contribution in [0.1, 0.15) is 29.8 Å². The predicted octanol–water partition coefficient (Wildman–Crippen LogP) is 4.34. The second kappa shape index (κ2) is 7.85. The molecule has 0 aliphatic rings. The molecule has 0 saturated heterocycles. The molecule has 0 fully saturated rings. The van der Waals surface area contributed by atoms with Crippen molar-refractivity contribution in [1.82, 2.24) is 5.32 Å². The first kappa shape index (κ1) is 16.4. The first-order chi connectivity index (χ1) is 10.5. The Balaban J connectivity index is 1.97. The highest BCUT2D eigenvalue weighted by molar-refractivity contribution is 6.30. The molecule has 116 valence electrons. The van der Waals surface area contributed by atoms with E-state index in [1.54, 1.807) is 0 Å². The molecule has 0 aliphatic heterocycles. The van der Waals surface area contributed by atoms with Crippen molar-refractivity contribution in [3.63, 3.8) is 0 Å². The number of amides is 1. The number of carbonyl (C=O) groups excluding carboxylic acids is 1. The fraction of sp³-hybridized carbons (Fsp3) is 0.278. The largest absolute Gasteiger partial charge is 0.381 e. The number of hydrogen-bond acceptors (Lipinski definition) is 2. The van der Waals surface area contributed by atoms with Gasteiger partial charge >= 0.3 is 0 Å². The topological polar surface area (TPSA) is 41.1 Å². The van der Waals surface area contributed by atoms with Crippen molar-refractivity contribution in [3.8, 4) is 0 Å². The van der Waals surface area contributed by atoms with Crippen molar-refractivity contribution in [1.29, 1.82) is 0 Å². The lowest BCUT2D eigenvalue weighted by molar-refractivity contribution is 0.0949. The zero-order valence-corrected chi connectivity index (χ0v) is 13.7. The van der Waals surface area contributed by atoms with Crippen LogP contribution in [0.3, 0.4) is 0 Å². The van der Waals surface area contributed by atoms with Gasteiger partial charge in [0.25, 0.3) is 5.91 Å². The van der Waals surface area contributed by atoms with E-state index in [0.29, 0.717) is 24.6 Å². The summed E-state index contributed by atoms with van der Waals surface area (Å²) < 4.78 is 0. The van der Waals surface area contributed by atoms with Crippen LogP contribution in [-0.2, 0) is 6.54 Å². The molecule has 0 radical (unpaired) electrons. The molecule has 22 heavy (non-hydrogen) atoms. The third kappa shape index (κ3) is 5.08. The van der Waals surface area contributed by atoms with Crippen LogP contribution in [0.4, 0.5) is 5.69 Å². The summed E-state index contributed by atoms with van der Waals surface area (Å²) in [6, 6.07) is 15.2. The van der Waals surface area contributed by atoms with Crippen LogP contribution in [0.2, 0.25) is 5.02 Å². The number of carbonyl (C=O) groups is 1. The van der Waals surface area contributed by atoms with Crippen LogP contribution in [0, 0.1) is 5.92 Å². The lowest BCUT2D eigenvalue weighted by atomic mass is 10.1. The maximum atomic E-state index is 12.1. The molecule has 1 amide bonds. The summed E-state index contributed by atoms with van der Waals surface area (Å²) in [7, 11) is 0. The minimum atomic E-state index is -0.0416. The summed E-state index contributed by atoms with van der Waals surface area (Å²) >= 11 is 5.97. The van der Waals surface area contributed by atoms with Gasteiger partial charge in [0.05, 0.1) is 0 Å². The van der Waals surface area contributed by atoms with E-state index in [4.69, 9.17) is 11.6 Å². The second-order valence-electron chi connectivity index (χ2n) is 5.67. The van der Waals surface area contributed by atoms with E-state index >= 15 is 0 Å². The Morgan fingerprint density at radius 1 is 1.14 bits per heavy atom. The minimum Gasteiger partial charge on any atom is -0.381 e.